The van der Waals surface area contributed by atoms with Crippen LogP contribution in [0.4, 0.5) is 0 Å². The summed E-state index contributed by atoms with van der Waals surface area (Å²) < 4.78 is 26.5. The number of nitrogens with zero attached hydrogens (tertiary/aromatic N) is 3. The molecule has 2 rings (SSSR count). The topological polar surface area (TPSA) is 53.1 Å². The summed E-state index contributed by atoms with van der Waals surface area (Å²) in [5.41, 5.74) is 0. The van der Waals surface area contributed by atoms with E-state index < -0.39 is 10.1 Å². The first kappa shape index (κ1) is 17.1. The molecule has 0 bridgehead atoms. The fourth-order valence-corrected chi connectivity index (χ4v) is 3.33. The Kier molecular flexibility index (Phi) is 6.43. The third kappa shape index (κ3) is 6.20. The first-order valence-corrected chi connectivity index (χ1v) is 9.60. The Morgan fingerprint density at radius 1 is 1.14 bits per heavy atom. The first-order chi connectivity index (χ1) is 9.94. The van der Waals surface area contributed by atoms with Crippen molar-refractivity contribution in [2.24, 2.45) is 0 Å². The van der Waals surface area contributed by atoms with Gasteiger partial charge in [-0.3, -0.25) is 14.0 Å². The molecule has 0 amide bonds. The molecule has 2 aliphatic rings. The fraction of sp³-hybridized carbons (Fsp3) is 0.929. The van der Waals surface area contributed by atoms with Crippen LogP contribution < -0.4 is 0 Å². The van der Waals surface area contributed by atoms with Crippen LogP contribution in [0.1, 0.15) is 26.2 Å². The Hall–Kier alpha value is -0.210. The monoisotopic (exact) mass is 317 g/mol. The summed E-state index contributed by atoms with van der Waals surface area (Å²) in [4.78, 5) is 6.76. The SMILES string of the molecule is C[C@H]1CCCN1CCCN1[C]N(CCOS(C)(=O)=O)CC1. The van der Waals surface area contributed by atoms with Gasteiger partial charge in [0.05, 0.1) is 12.9 Å². The van der Waals surface area contributed by atoms with Gasteiger partial charge in [0, 0.05) is 32.2 Å². The Morgan fingerprint density at radius 2 is 1.86 bits per heavy atom. The van der Waals surface area contributed by atoms with Gasteiger partial charge in [-0.05, 0) is 39.3 Å². The highest BCUT2D eigenvalue weighted by atomic mass is 32.2. The van der Waals surface area contributed by atoms with Crippen LogP contribution in [0, 0.1) is 6.67 Å². The van der Waals surface area contributed by atoms with Gasteiger partial charge in [-0.2, -0.15) is 8.42 Å². The van der Waals surface area contributed by atoms with Crippen LogP contribution in [-0.4, -0.2) is 81.3 Å². The van der Waals surface area contributed by atoms with Crippen molar-refractivity contribution in [1.82, 2.24) is 14.7 Å². The van der Waals surface area contributed by atoms with Crippen LogP contribution in [0.25, 0.3) is 0 Å². The lowest BCUT2D eigenvalue weighted by Crippen LogP contribution is -2.30. The Labute approximate surface area is 129 Å². The van der Waals surface area contributed by atoms with Crippen LogP contribution >= 0.6 is 0 Å². The molecule has 2 fully saturated rings. The van der Waals surface area contributed by atoms with E-state index in [1.165, 1.54) is 19.4 Å². The van der Waals surface area contributed by atoms with E-state index in [9.17, 15) is 8.42 Å². The second-order valence-corrected chi connectivity index (χ2v) is 7.62. The van der Waals surface area contributed by atoms with Crippen LogP contribution in [-0.2, 0) is 14.3 Å². The van der Waals surface area contributed by atoms with E-state index in [2.05, 4.69) is 23.4 Å². The largest absolute Gasteiger partial charge is 0.301 e. The van der Waals surface area contributed by atoms with Crippen molar-refractivity contribution in [2.45, 2.75) is 32.2 Å². The first-order valence-electron chi connectivity index (χ1n) is 7.79. The molecule has 2 saturated heterocycles. The zero-order valence-electron chi connectivity index (χ0n) is 13.1. The lowest BCUT2D eigenvalue weighted by atomic mass is 10.2. The highest BCUT2D eigenvalue weighted by Gasteiger charge is 2.23. The predicted molar refractivity (Wildman–Crippen MR) is 82.1 cm³/mol. The quantitative estimate of drug-likeness (QED) is 0.606. The second kappa shape index (κ2) is 7.87. The minimum Gasteiger partial charge on any atom is -0.301 e. The minimum absolute atomic E-state index is 0.199. The van der Waals surface area contributed by atoms with Crippen LogP contribution in [0.2, 0.25) is 0 Å². The van der Waals surface area contributed by atoms with Gasteiger partial charge in [-0.15, -0.1) is 0 Å². The molecule has 1 atom stereocenters. The van der Waals surface area contributed by atoms with Crippen LogP contribution in [0.3, 0.4) is 0 Å². The number of hydrogen-bond donors (Lipinski definition) is 0. The second-order valence-electron chi connectivity index (χ2n) is 5.98. The molecule has 0 aliphatic carbocycles. The van der Waals surface area contributed by atoms with Gasteiger partial charge < -0.3 is 4.90 Å². The zero-order chi connectivity index (χ0) is 15.3. The van der Waals surface area contributed by atoms with E-state index in [1.54, 1.807) is 0 Å². The lowest BCUT2D eigenvalue weighted by Gasteiger charge is -2.22. The molecule has 0 aromatic heterocycles. The maximum Gasteiger partial charge on any atom is 0.264 e. The van der Waals surface area contributed by atoms with E-state index in [4.69, 9.17) is 4.18 Å². The highest BCUT2D eigenvalue weighted by molar-refractivity contribution is 7.85. The van der Waals surface area contributed by atoms with Gasteiger partial charge in [0.2, 0.25) is 0 Å². The van der Waals surface area contributed by atoms with Gasteiger partial charge in [0.1, 0.15) is 6.67 Å². The van der Waals surface area contributed by atoms with E-state index in [0.717, 1.165) is 44.9 Å². The zero-order valence-corrected chi connectivity index (χ0v) is 13.9. The normalized spacial score (nSPS) is 25.9. The highest BCUT2D eigenvalue weighted by Crippen LogP contribution is 2.17. The van der Waals surface area contributed by atoms with Crippen LogP contribution in [0.5, 0.6) is 0 Å². The maximum absolute atomic E-state index is 10.9. The number of likely N-dealkylation sites (tertiary alicyclic amines) is 1. The molecule has 0 saturated carbocycles. The maximum atomic E-state index is 10.9. The molecule has 2 heterocycles. The fourth-order valence-electron chi connectivity index (χ4n) is 2.95. The van der Waals surface area contributed by atoms with E-state index in [0.29, 0.717) is 6.54 Å². The molecule has 6 nitrogen and oxygen atoms in total. The van der Waals surface area contributed by atoms with Crippen molar-refractivity contribution in [3.05, 3.63) is 6.67 Å². The summed E-state index contributed by atoms with van der Waals surface area (Å²) in [5.74, 6) is 0. The number of hydrogen-bond acceptors (Lipinski definition) is 6. The predicted octanol–water partition coefficient (Wildman–Crippen LogP) is 0.451. The summed E-state index contributed by atoms with van der Waals surface area (Å²) >= 11 is 0. The lowest BCUT2D eigenvalue weighted by molar-refractivity contribution is 0.233. The smallest absolute Gasteiger partial charge is 0.264 e. The van der Waals surface area contributed by atoms with Crippen molar-refractivity contribution in [3.63, 3.8) is 0 Å². The summed E-state index contributed by atoms with van der Waals surface area (Å²) in [6.07, 6.45) is 4.90. The molecular weight excluding hydrogens is 290 g/mol. The van der Waals surface area contributed by atoms with Gasteiger partial charge in [0.15, 0.2) is 0 Å². The summed E-state index contributed by atoms with van der Waals surface area (Å²) in [7, 11) is -3.33. The average Bonchev–Trinajstić information content (AvgIpc) is 2.98. The summed E-state index contributed by atoms with van der Waals surface area (Å²) in [5, 5.41) is 0. The van der Waals surface area contributed by atoms with Crippen molar-refractivity contribution in [2.75, 3.05) is 52.1 Å². The molecule has 2 aliphatic heterocycles. The molecule has 2 radical (unpaired) electrons. The molecular formula is C14H27N3O3S. The molecule has 122 valence electrons. The molecule has 0 aromatic rings. The molecule has 0 spiro atoms. The van der Waals surface area contributed by atoms with Crippen molar-refractivity contribution >= 4 is 10.1 Å². The van der Waals surface area contributed by atoms with Crippen molar-refractivity contribution in [1.29, 1.82) is 0 Å². The van der Waals surface area contributed by atoms with E-state index in [-0.39, 0.29) is 6.61 Å². The molecule has 7 heteroatoms. The molecule has 0 N–H and O–H groups in total. The standard InChI is InChI=1S/C14H27N3O3S/c1-14-5-3-7-17(14)8-4-6-15-9-10-16(13-15)11-12-20-21(2,18)19/h14H,3-12H2,1-2H3/t14-/m0/s1. The third-order valence-electron chi connectivity index (χ3n) is 4.15. The van der Waals surface area contributed by atoms with Gasteiger partial charge in [-0.1, -0.05) is 0 Å². The van der Waals surface area contributed by atoms with Crippen molar-refractivity contribution < 1.29 is 12.6 Å². The minimum atomic E-state index is -3.33. The average molecular weight is 317 g/mol. The van der Waals surface area contributed by atoms with E-state index in [1.807, 2.05) is 4.90 Å². The molecule has 0 unspecified atom stereocenters. The Bertz CT molecular complexity index is 416. The number of rotatable bonds is 8. The van der Waals surface area contributed by atoms with Gasteiger partial charge in [0.25, 0.3) is 10.1 Å². The summed E-state index contributed by atoms with van der Waals surface area (Å²) in [6.45, 7) is 11.7. The van der Waals surface area contributed by atoms with E-state index >= 15 is 0 Å². The third-order valence-corrected chi connectivity index (χ3v) is 4.74. The molecule has 0 aromatic carbocycles. The molecule has 21 heavy (non-hydrogen) atoms. The van der Waals surface area contributed by atoms with Crippen LogP contribution in [0.15, 0.2) is 0 Å². The summed E-state index contributed by atoms with van der Waals surface area (Å²) in [6, 6.07) is 0.737. The Balaban J connectivity index is 1.55. The Morgan fingerprint density at radius 3 is 2.48 bits per heavy atom. The van der Waals surface area contributed by atoms with Crippen molar-refractivity contribution in [3.8, 4) is 0 Å². The van der Waals surface area contributed by atoms with Gasteiger partial charge >= 0.3 is 0 Å². The van der Waals surface area contributed by atoms with Gasteiger partial charge in [-0.25, -0.2) is 0 Å².